The van der Waals surface area contributed by atoms with E-state index in [1.807, 2.05) is 24.3 Å². The van der Waals surface area contributed by atoms with Gasteiger partial charge in [-0.25, -0.2) is 0 Å². The Morgan fingerprint density at radius 3 is 2.25 bits per heavy atom. The highest BCUT2D eigenvalue weighted by atomic mass is 35.5. The maximum Gasteiger partial charge on any atom is 0.252 e. The average molecular weight is 352 g/mol. The first kappa shape index (κ1) is 20.5. The summed E-state index contributed by atoms with van der Waals surface area (Å²) in [7, 11) is 0. The number of nitrogens with two attached hydrogens (primary N) is 1. The van der Waals surface area contributed by atoms with Gasteiger partial charge in [0.05, 0.1) is 5.54 Å². The van der Waals surface area contributed by atoms with Gasteiger partial charge in [-0.05, 0) is 43.4 Å². The molecular formula is C19H30ClN3O. The molecule has 0 heterocycles. The maximum atomic E-state index is 12.2. The first-order chi connectivity index (χ1) is 11.1. The smallest absolute Gasteiger partial charge is 0.252 e. The average Bonchev–Trinajstić information content (AvgIpc) is 3.32. The lowest BCUT2D eigenvalue weighted by Crippen LogP contribution is -2.46. The fourth-order valence-corrected chi connectivity index (χ4v) is 2.81. The van der Waals surface area contributed by atoms with Crippen molar-refractivity contribution in [2.24, 2.45) is 5.73 Å². The molecule has 0 saturated heterocycles. The van der Waals surface area contributed by atoms with Crippen LogP contribution in [0.2, 0.25) is 0 Å². The molecule has 1 fully saturated rings. The van der Waals surface area contributed by atoms with Crippen molar-refractivity contribution in [2.45, 2.75) is 70.3 Å². The van der Waals surface area contributed by atoms with E-state index in [2.05, 4.69) is 12.2 Å². The number of hydrogen-bond donors (Lipinski definition) is 3. The minimum absolute atomic E-state index is 0. The Morgan fingerprint density at radius 1 is 1.12 bits per heavy atom. The van der Waals surface area contributed by atoms with Crippen LogP contribution in [-0.2, 0) is 6.42 Å². The zero-order chi connectivity index (χ0) is 16.7. The summed E-state index contributed by atoms with van der Waals surface area (Å²) < 4.78 is 0. The van der Waals surface area contributed by atoms with E-state index in [4.69, 9.17) is 11.1 Å². The molecule has 0 atom stereocenters. The summed E-state index contributed by atoms with van der Waals surface area (Å²) in [5.41, 5.74) is 6.90. The van der Waals surface area contributed by atoms with E-state index >= 15 is 0 Å². The van der Waals surface area contributed by atoms with Gasteiger partial charge in [0, 0.05) is 5.56 Å². The van der Waals surface area contributed by atoms with Crippen LogP contribution in [0.3, 0.4) is 0 Å². The lowest BCUT2D eigenvalue weighted by atomic mass is 10.0. The van der Waals surface area contributed by atoms with Crippen LogP contribution in [0.4, 0.5) is 0 Å². The molecule has 4 N–H and O–H groups in total. The molecule has 5 heteroatoms. The van der Waals surface area contributed by atoms with Crippen LogP contribution in [0.1, 0.15) is 74.2 Å². The Kier molecular flexibility index (Phi) is 8.26. The third-order valence-corrected chi connectivity index (χ3v) is 4.65. The van der Waals surface area contributed by atoms with E-state index in [9.17, 15) is 4.79 Å². The summed E-state index contributed by atoms with van der Waals surface area (Å²) >= 11 is 0. The zero-order valence-electron chi connectivity index (χ0n) is 14.6. The van der Waals surface area contributed by atoms with Crippen molar-refractivity contribution in [2.75, 3.05) is 0 Å². The molecule has 134 valence electrons. The second-order valence-electron chi connectivity index (χ2n) is 6.66. The summed E-state index contributed by atoms with van der Waals surface area (Å²) in [5, 5.41) is 10.4. The number of benzene rings is 1. The number of aryl methyl sites for hydroxylation is 1. The van der Waals surface area contributed by atoms with Gasteiger partial charge in [0.1, 0.15) is 5.84 Å². The van der Waals surface area contributed by atoms with E-state index in [1.165, 1.54) is 44.1 Å². The highest BCUT2D eigenvalue weighted by Crippen LogP contribution is 2.35. The van der Waals surface area contributed by atoms with Crippen LogP contribution in [0, 0.1) is 5.41 Å². The van der Waals surface area contributed by atoms with Crippen LogP contribution < -0.4 is 11.1 Å². The van der Waals surface area contributed by atoms with E-state index < -0.39 is 5.54 Å². The molecule has 4 nitrogen and oxygen atoms in total. The normalized spacial score (nSPS) is 14.5. The van der Waals surface area contributed by atoms with Crippen molar-refractivity contribution < 1.29 is 4.79 Å². The lowest BCUT2D eigenvalue weighted by Gasteiger charge is -2.15. The van der Waals surface area contributed by atoms with Crippen LogP contribution in [0.5, 0.6) is 0 Å². The SMILES string of the molecule is CCCCCCCCc1ccc(C(=O)NC2(C(=N)N)CC2)cc1.Cl. The van der Waals surface area contributed by atoms with Gasteiger partial charge < -0.3 is 11.1 Å². The minimum Gasteiger partial charge on any atom is -0.386 e. The maximum absolute atomic E-state index is 12.2. The van der Waals surface area contributed by atoms with Crippen molar-refractivity contribution in [1.29, 1.82) is 5.41 Å². The molecule has 2 rings (SSSR count). The number of amidine groups is 1. The van der Waals surface area contributed by atoms with Gasteiger partial charge in [0.25, 0.3) is 5.91 Å². The van der Waals surface area contributed by atoms with Crippen LogP contribution in [-0.4, -0.2) is 17.3 Å². The molecule has 0 bridgehead atoms. The first-order valence-electron chi connectivity index (χ1n) is 8.83. The number of nitrogens with one attached hydrogen (secondary N) is 2. The summed E-state index contributed by atoms with van der Waals surface area (Å²) in [6.45, 7) is 2.24. The Morgan fingerprint density at radius 2 is 1.71 bits per heavy atom. The molecule has 1 saturated carbocycles. The Labute approximate surface area is 151 Å². The molecule has 0 aromatic heterocycles. The summed E-state index contributed by atoms with van der Waals surface area (Å²) in [5.74, 6) is -0.0747. The summed E-state index contributed by atoms with van der Waals surface area (Å²) in [6, 6.07) is 7.82. The van der Waals surface area contributed by atoms with Crippen molar-refractivity contribution in [1.82, 2.24) is 5.32 Å². The van der Waals surface area contributed by atoms with Gasteiger partial charge in [0.2, 0.25) is 0 Å². The highest BCUT2D eigenvalue weighted by Gasteiger charge is 2.47. The van der Waals surface area contributed by atoms with Crippen molar-refractivity contribution in [3.05, 3.63) is 35.4 Å². The third kappa shape index (κ3) is 5.82. The standard InChI is InChI=1S/C19H29N3O.ClH/c1-2-3-4-5-6-7-8-15-9-11-16(12-10-15)17(23)22-19(13-14-19)18(20)21;/h9-12H,2-8,13-14H2,1H3,(H3,20,21)(H,22,23);1H. The fourth-order valence-electron chi connectivity index (χ4n) is 2.81. The van der Waals surface area contributed by atoms with Crippen LogP contribution >= 0.6 is 12.4 Å². The predicted octanol–water partition coefficient (Wildman–Crippen LogP) is 4.21. The predicted molar refractivity (Wildman–Crippen MR) is 102 cm³/mol. The second-order valence-corrected chi connectivity index (χ2v) is 6.66. The Hall–Kier alpha value is -1.55. The van der Waals surface area contributed by atoms with Gasteiger partial charge in [-0.15, -0.1) is 12.4 Å². The van der Waals surface area contributed by atoms with Gasteiger partial charge in [-0.1, -0.05) is 51.2 Å². The number of carbonyl (C=O) groups excluding carboxylic acids is 1. The summed E-state index contributed by atoms with van der Waals surface area (Å²) in [6.07, 6.45) is 10.4. The molecule has 1 aliphatic carbocycles. The van der Waals surface area contributed by atoms with E-state index in [-0.39, 0.29) is 24.1 Å². The quantitative estimate of drug-likeness (QED) is 0.335. The zero-order valence-corrected chi connectivity index (χ0v) is 15.4. The molecular weight excluding hydrogens is 322 g/mol. The molecule has 1 aliphatic rings. The first-order valence-corrected chi connectivity index (χ1v) is 8.83. The van der Waals surface area contributed by atoms with E-state index in [0.29, 0.717) is 5.56 Å². The molecule has 1 aromatic carbocycles. The molecule has 24 heavy (non-hydrogen) atoms. The number of rotatable bonds is 10. The van der Waals surface area contributed by atoms with E-state index in [0.717, 1.165) is 19.3 Å². The second kappa shape index (κ2) is 9.67. The summed E-state index contributed by atoms with van der Waals surface area (Å²) in [4.78, 5) is 12.2. The van der Waals surface area contributed by atoms with Crippen molar-refractivity contribution in [3.8, 4) is 0 Å². The molecule has 1 amide bonds. The van der Waals surface area contributed by atoms with Crippen molar-refractivity contribution in [3.63, 3.8) is 0 Å². The number of unbranched alkanes of at least 4 members (excludes halogenated alkanes) is 5. The molecule has 1 aromatic rings. The fraction of sp³-hybridized carbons (Fsp3) is 0.579. The monoisotopic (exact) mass is 351 g/mol. The Balaban J connectivity index is 0.00000288. The Bertz CT molecular complexity index is 538. The van der Waals surface area contributed by atoms with Crippen LogP contribution in [0.15, 0.2) is 24.3 Å². The topological polar surface area (TPSA) is 79.0 Å². The largest absolute Gasteiger partial charge is 0.386 e. The number of hydrogen-bond acceptors (Lipinski definition) is 2. The molecule has 0 unspecified atom stereocenters. The van der Waals surface area contributed by atoms with E-state index in [1.54, 1.807) is 0 Å². The molecule has 0 aliphatic heterocycles. The molecule has 0 radical (unpaired) electrons. The van der Waals surface area contributed by atoms with Crippen LogP contribution in [0.25, 0.3) is 0 Å². The van der Waals surface area contributed by atoms with Gasteiger partial charge in [0.15, 0.2) is 0 Å². The van der Waals surface area contributed by atoms with Gasteiger partial charge in [-0.3, -0.25) is 10.2 Å². The number of carbonyl (C=O) groups is 1. The minimum atomic E-state index is -0.575. The number of amides is 1. The molecule has 0 spiro atoms. The van der Waals surface area contributed by atoms with Gasteiger partial charge >= 0.3 is 0 Å². The van der Waals surface area contributed by atoms with Gasteiger partial charge in [-0.2, -0.15) is 0 Å². The highest BCUT2D eigenvalue weighted by molar-refractivity contribution is 6.01. The lowest BCUT2D eigenvalue weighted by molar-refractivity contribution is 0.0943. The third-order valence-electron chi connectivity index (χ3n) is 4.65. The number of halogens is 1. The van der Waals surface area contributed by atoms with Crippen molar-refractivity contribution >= 4 is 24.1 Å².